The molecule has 0 spiro atoms. The van der Waals surface area contributed by atoms with Crippen LogP contribution in [0.3, 0.4) is 0 Å². The normalized spacial score (nSPS) is 11.4. The zero-order valence-electron chi connectivity index (χ0n) is 14.1. The summed E-state index contributed by atoms with van der Waals surface area (Å²) in [7, 11) is 0. The predicted molar refractivity (Wildman–Crippen MR) is 105 cm³/mol. The number of hydrogen-bond acceptors (Lipinski definition) is 2. The SMILES string of the molecule is NC(=O)N/N=C\c1cn(Cc2cccc3ccccc23)c2ccccc12. The summed E-state index contributed by atoms with van der Waals surface area (Å²) in [4.78, 5) is 10.8. The van der Waals surface area contributed by atoms with Gasteiger partial charge in [0.25, 0.3) is 0 Å². The number of hydrazone groups is 1. The van der Waals surface area contributed by atoms with Crippen LogP contribution in [0.5, 0.6) is 0 Å². The van der Waals surface area contributed by atoms with Crippen molar-refractivity contribution in [1.29, 1.82) is 0 Å². The van der Waals surface area contributed by atoms with E-state index in [1.54, 1.807) is 6.21 Å². The van der Waals surface area contributed by atoms with Crippen molar-refractivity contribution in [1.82, 2.24) is 9.99 Å². The highest BCUT2D eigenvalue weighted by molar-refractivity contribution is 5.99. The van der Waals surface area contributed by atoms with Gasteiger partial charge in [0.2, 0.25) is 0 Å². The molecule has 0 saturated carbocycles. The van der Waals surface area contributed by atoms with Crippen molar-refractivity contribution in [3.05, 3.63) is 84.1 Å². The quantitative estimate of drug-likeness (QED) is 0.429. The van der Waals surface area contributed by atoms with Gasteiger partial charge in [-0.1, -0.05) is 60.7 Å². The van der Waals surface area contributed by atoms with E-state index in [-0.39, 0.29) is 0 Å². The number of rotatable bonds is 4. The molecule has 1 aromatic heterocycles. The maximum atomic E-state index is 10.8. The van der Waals surface area contributed by atoms with Crippen LogP contribution in [0.2, 0.25) is 0 Å². The number of urea groups is 1. The Kier molecular flexibility index (Phi) is 4.11. The number of para-hydroxylation sites is 1. The summed E-state index contributed by atoms with van der Waals surface area (Å²) in [5.74, 6) is 0. The van der Waals surface area contributed by atoms with Crippen LogP contribution >= 0.6 is 0 Å². The van der Waals surface area contributed by atoms with E-state index < -0.39 is 6.03 Å². The number of primary amides is 1. The lowest BCUT2D eigenvalue weighted by molar-refractivity contribution is 0.249. The Bertz CT molecular complexity index is 1120. The van der Waals surface area contributed by atoms with E-state index in [0.717, 1.165) is 23.0 Å². The molecule has 2 amide bonds. The lowest BCUT2D eigenvalue weighted by Crippen LogP contribution is -2.24. The minimum Gasteiger partial charge on any atom is -0.350 e. The van der Waals surface area contributed by atoms with Gasteiger partial charge in [-0.2, -0.15) is 5.10 Å². The van der Waals surface area contributed by atoms with E-state index in [0.29, 0.717) is 0 Å². The molecule has 3 aromatic carbocycles. The van der Waals surface area contributed by atoms with E-state index >= 15 is 0 Å². The molecule has 0 atom stereocenters. The first-order valence-corrected chi connectivity index (χ1v) is 8.35. The minimum atomic E-state index is -0.680. The van der Waals surface area contributed by atoms with Crippen molar-refractivity contribution < 1.29 is 4.79 Å². The Morgan fingerprint density at radius 1 is 1.00 bits per heavy atom. The fourth-order valence-electron chi connectivity index (χ4n) is 3.29. The third-order valence-electron chi connectivity index (χ3n) is 4.42. The summed E-state index contributed by atoms with van der Waals surface area (Å²) >= 11 is 0. The Morgan fingerprint density at radius 2 is 1.73 bits per heavy atom. The van der Waals surface area contributed by atoms with Crippen LogP contribution in [0.15, 0.2) is 78.0 Å². The standard InChI is InChI=1S/C21H18N4O/c22-21(26)24-23-12-17-14-25(20-11-4-3-10-19(17)20)13-16-8-5-7-15-6-1-2-9-18(15)16/h1-12,14H,13H2,(H3,22,24,26)/b23-12-. The van der Waals surface area contributed by atoms with Gasteiger partial charge in [-0.05, 0) is 22.4 Å². The van der Waals surface area contributed by atoms with Crippen molar-refractivity contribution in [3.63, 3.8) is 0 Å². The van der Waals surface area contributed by atoms with Crippen molar-refractivity contribution in [3.8, 4) is 0 Å². The smallest absolute Gasteiger partial charge is 0.332 e. The number of fused-ring (bicyclic) bond motifs is 2. The molecule has 128 valence electrons. The zero-order valence-corrected chi connectivity index (χ0v) is 14.1. The number of nitrogens with zero attached hydrogens (tertiary/aromatic N) is 2. The molecule has 5 nitrogen and oxygen atoms in total. The van der Waals surface area contributed by atoms with Crippen LogP contribution < -0.4 is 11.2 Å². The van der Waals surface area contributed by atoms with Gasteiger partial charge in [-0.3, -0.25) is 0 Å². The first-order chi connectivity index (χ1) is 12.7. The van der Waals surface area contributed by atoms with Crippen LogP contribution in [0.1, 0.15) is 11.1 Å². The molecule has 0 unspecified atom stereocenters. The molecule has 26 heavy (non-hydrogen) atoms. The van der Waals surface area contributed by atoms with E-state index in [1.165, 1.54) is 16.3 Å². The molecular weight excluding hydrogens is 324 g/mol. The number of carbonyl (C=O) groups is 1. The second-order valence-electron chi connectivity index (χ2n) is 6.10. The first-order valence-electron chi connectivity index (χ1n) is 8.35. The van der Waals surface area contributed by atoms with Gasteiger partial charge >= 0.3 is 6.03 Å². The summed E-state index contributed by atoms with van der Waals surface area (Å²) in [5, 5.41) is 7.45. The van der Waals surface area contributed by atoms with Crippen LogP contribution in [-0.4, -0.2) is 16.8 Å². The maximum Gasteiger partial charge on any atom is 0.332 e. The number of carbonyl (C=O) groups excluding carboxylic acids is 1. The van der Waals surface area contributed by atoms with Gasteiger partial charge in [0.05, 0.1) is 6.21 Å². The largest absolute Gasteiger partial charge is 0.350 e. The van der Waals surface area contributed by atoms with Gasteiger partial charge < -0.3 is 10.3 Å². The topological polar surface area (TPSA) is 72.4 Å². The minimum absolute atomic E-state index is 0.680. The zero-order chi connectivity index (χ0) is 17.9. The summed E-state index contributed by atoms with van der Waals surface area (Å²) in [6, 6.07) is 22.2. The molecule has 3 N–H and O–H groups in total. The number of amides is 2. The fraction of sp³-hybridized carbons (Fsp3) is 0.0476. The van der Waals surface area contributed by atoms with Crippen molar-refractivity contribution in [2.45, 2.75) is 6.54 Å². The monoisotopic (exact) mass is 342 g/mol. The molecule has 1 heterocycles. The molecular formula is C21H18N4O. The first kappa shape index (κ1) is 15.9. The maximum absolute atomic E-state index is 10.8. The lowest BCUT2D eigenvalue weighted by atomic mass is 10.0. The van der Waals surface area contributed by atoms with E-state index in [1.807, 2.05) is 24.4 Å². The number of aromatic nitrogens is 1. The Balaban J connectivity index is 1.77. The molecule has 0 aliphatic carbocycles. The van der Waals surface area contributed by atoms with E-state index in [9.17, 15) is 4.79 Å². The predicted octanol–water partition coefficient (Wildman–Crippen LogP) is 3.85. The molecule has 0 bridgehead atoms. The summed E-state index contributed by atoms with van der Waals surface area (Å²) in [6.07, 6.45) is 3.66. The third-order valence-corrected chi connectivity index (χ3v) is 4.42. The fourth-order valence-corrected chi connectivity index (χ4v) is 3.29. The van der Waals surface area contributed by atoms with Crippen molar-refractivity contribution >= 4 is 33.9 Å². The van der Waals surface area contributed by atoms with Gasteiger partial charge in [0.15, 0.2) is 0 Å². The lowest BCUT2D eigenvalue weighted by Gasteiger charge is -2.09. The molecule has 0 fully saturated rings. The second-order valence-corrected chi connectivity index (χ2v) is 6.10. The summed E-state index contributed by atoms with van der Waals surface area (Å²) in [6.45, 7) is 0.749. The van der Waals surface area contributed by atoms with Crippen LogP contribution in [0.4, 0.5) is 4.79 Å². The molecule has 0 radical (unpaired) electrons. The molecule has 5 heteroatoms. The van der Waals surface area contributed by atoms with Crippen molar-refractivity contribution in [2.24, 2.45) is 10.8 Å². The average Bonchev–Trinajstić information content (AvgIpc) is 3.00. The number of nitrogens with one attached hydrogen (secondary N) is 1. The van der Waals surface area contributed by atoms with Gasteiger partial charge in [0, 0.05) is 29.2 Å². The second kappa shape index (κ2) is 6.72. The molecule has 0 aliphatic heterocycles. The summed E-state index contributed by atoms with van der Waals surface area (Å²) < 4.78 is 2.20. The van der Waals surface area contributed by atoms with E-state index in [4.69, 9.17) is 5.73 Å². The Labute approximate surface area is 150 Å². The highest BCUT2D eigenvalue weighted by Crippen LogP contribution is 2.24. The number of hydrogen-bond donors (Lipinski definition) is 2. The van der Waals surface area contributed by atoms with Gasteiger partial charge in [0.1, 0.15) is 0 Å². The summed E-state index contributed by atoms with van der Waals surface area (Å²) in [5.41, 5.74) is 10.6. The highest BCUT2D eigenvalue weighted by atomic mass is 16.2. The van der Waals surface area contributed by atoms with Crippen LogP contribution in [-0.2, 0) is 6.54 Å². The number of nitrogens with two attached hydrogens (primary N) is 1. The van der Waals surface area contributed by atoms with Crippen LogP contribution in [0, 0.1) is 0 Å². The van der Waals surface area contributed by atoms with E-state index in [2.05, 4.69) is 63.6 Å². The van der Waals surface area contributed by atoms with Crippen molar-refractivity contribution in [2.75, 3.05) is 0 Å². The number of benzene rings is 3. The average molecular weight is 342 g/mol. The molecule has 4 rings (SSSR count). The molecule has 0 saturated heterocycles. The molecule has 4 aromatic rings. The third kappa shape index (κ3) is 3.02. The molecule has 0 aliphatic rings. The Hall–Kier alpha value is -3.60. The van der Waals surface area contributed by atoms with Gasteiger partial charge in [-0.15, -0.1) is 0 Å². The Morgan fingerprint density at radius 3 is 2.58 bits per heavy atom. The van der Waals surface area contributed by atoms with Gasteiger partial charge in [-0.25, -0.2) is 10.2 Å². The highest BCUT2D eigenvalue weighted by Gasteiger charge is 2.08. The van der Waals surface area contributed by atoms with Crippen LogP contribution in [0.25, 0.3) is 21.7 Å².